The van der Waals surface area contributed by atoms with Gasteiger partial charge in [0.15, 0.2) is 0 Å². The van der Waals surface area contributed by atoms with Crippen molar-refractivity contribution in [3.8, 4) is 37.8 Å². The molecular weight excluding hydrogens is 324 g/mol. The van der Waals surface area contributed by atoms with Gasteiger partial charge < -0.3 is 4.74 Å². The van der Waals surface area contributed by atoms with E-state index in [2.05, 4.69) is 78.9 Å². The summed E-state index contributed by atoms with van der Waals surface area (Å²) in [6.07, 6.45) is 0. The third kappa shape index (κ3) is 2.97. The molecule has 3 aromatic carbocycles. The standard InChI is InChI=1S/C23H18OS/c1-24-21-20(17-11-5-2-6-12-17)22(18-13-7-3-8-14-18)25-23(21)19-15-9-4-10-16-19/h2-16H,1H3. The fourth-order valence-corrected chi connectivity index (χ4v) is 4.35. The van der Waals surface area contributed by atoms with Crippen LogP contribution in [-0.4, -0.2) is 7.11 Å². The molecule has 0 fully saturated rings. The molecule has 0 spiro atoms. The van der Waals surface area contributed by atoms with E-state index in [-0.39, 0.29) is 0 Å². The molecule has 0 aliphatic heterocycles. The normalized spacial score (nSPS) is 10.6. The zero-order chi connectivity index (χ0) is 17.1. The molecule has 0 N–H and O–H groups in total. The first-order valence-corrected chi connectivity index (χ1v) is 9.07. The summed E-state index contributed by atoms with van der Waals surface area (Å²) in [5.41, 5.74) is 4.74. The Morgan fingerprint density at radius 1 is 0.560 bits per heavy atom. The third-order valence-corrected chi connectivity index (χ3v) is 5.47. The summed E-state index contributed by atoms with van der Waals surface area (Å²) < 4.78 is 5.90. The number of hydrogen-bond acceptors (Lipinski definition) is 2. The highest BCUT2D eigenvalue weighted by molar-refractivity contribution is 7.20. The highest BCUT2D eigenvalue weighted by atomic mass is 32.1. The number of rotatable bonds is 4. The molecular formula is C23H18OS. The van der Waals surface area contributed by atoms with Gasteiger partial charge in [-0.05, 0) is 16.7 Å². The topological polar surface area (TPSA) is 9.23 Å². The number of ether oxygens (including phenoxy) is 1. The Morgan fingerprint density at radius 3 is 1.48 bits per heavy atom. The summed E-state index contributed by atoms with van der Waals surface area (Å²) in [4.78, 5) is 2.41. The molecule has 4 aromatic rings. The van der Waals surface area contributed by atoms with Crippen molar-refractivity contribution in [1.29, 1.82) is 0 Å². The number of hydrogen-bond donors (Lipinski definition) is 0. The van der Waals surface area contributed by atoms with Crippen molar-refractivity contribution in [1.82, 2.24) is 0 Å². The summed E-state index contributed by atoms with van der Waals surface area (Å²) in [5, 5.41) is 0. The molecule has 0 saturated carbocycles. The van der Waals surface area contributed by atoms with E-state index >= 15 is 0 Å². The summed E-state index contributed by atoms with van der Waals surface area (Å²) in [5.74, 6) is 0.946. The van der Waals surface area contributed by atoms with Gasteiger partial charge in [0.05, 0.1) is 12.0 Å². The highest BCUT2D eigenvalue weighted by Crippen LogP contribution is 2.51. The largest absolute Gasteiger partial charge is 0.495 e. The van der Waals surface area contributed by atoms with Gasteiger partial charge in [-0.15, -0.1) is 11.3 Å². The van der Waals surface area contributed by atoms with E-state index in [1.165, 1.54) is 26.4 Å². The summed E-state index contributed by atoms with van der Waals surface area (Å²) in [6.45, 7) is 0. The lowest BCUT2D eigenvalue weighted by Gasteiger charge is -2.08. The molecule has 0 saturated heterocycles. The Kier molecular flexibility index (Phi) is 4.36. The van der Waals surface area contributed by atoms with Crippen molar-refractivity contribution >= 4 is 11.3 Å². The van der Waals surface area contributed by atoms with E-state index < -0.39 is 0 Å². The van der Waals surface area contributed by atoms with Crippen molar-refractivity contribution in [3.05, 3.63) is 91.0 Å². The zero-order valence-corrected chi connectivity index (χ0v) is 14.8. The second kappa shape index (κ2) is 6.96. The van der Waals surface area contributed by atoms with Gasteiger partial charge in [-0.3, -0.25) is 0 Å². The smallest absolute Gasteiger partial charge is 0.145 e. The number of methoxy groups -OCH3 is 1. The Morgan fingerprint density at radius 2 is 1.00 bits per heavy atom. The van der Waals surface area contributed by atoms with E-state index in [0.717, 1.165) is 11.3 Å². The van der Waals surface area contributed by atoms with Crippen LogP contribution in [0.4, 0.5) is 0 Å². The van der Waals surface area contributed by atoms with Crippen LogP contribution in [0.5, 0.6) is 5.75 Å². The molecule has 1 aromatic heterocycles. The fourth-order valence-electron chi connectivity index (χ4n) is 3.05. The van der Waals surface area contributed by atoms with Crippen molar-refractivity contribution < 1.29 is 4.74 Å². The van der Waals surface area contributed by atoms with E-state index in [4.69, 9.17) is 4.74 Å². The van der Waals surface area contributed by atoms with Gasteiger partial charge in [0.25, 0.3) is 0 Å². The molecule has 4 rings (SSSR count). The van der Waals surface area contributed by atoms with Crippen LogP contribution in [0.15, 0.2) is 91.0 Å². The van der Waals surface area contributed by atoms with Gasteiger partial charge in [-0.2, -0.15) is 0 Å². The highest BCUT2D eigenvalue weighted by Gasteiger charge is 2.22. The predicted molar refractivity (Wildman–Crippen MR) is 107 cm³/mol. The van der Waals surface area contributed by atoms with E-state index in [9.17, 15) is 0 Å². The van der Waals surface area contributed by atoms with Crippen LogP contribution < -0.4 is 4.74 Å². The second-order valence-corrected chi connectivity index (χ2v) is 6.79. The van der Waals surface area contributed by atoms with Gasteiger partial charge in [0, 0.05) is 10.4 Å². The maximum absolute atomic E-state index is 5.90. The summed E-state index contributed by atoms with van der Waals surface area (Å²) in [7, 11) is 1.76. The van der Waals surface area contributed by atoms with Crippen molar-refractivity contribution in [3.63, 3.8) is 0 Å². The molecule has 25 heavy (non-hydrogen) atoms. The molecule has 0 radical (unpaired) electrons. The SMILES string of the molecule is COc1c(-c2ccccc2)sc(-c2ccccc2)c1-c1ccccc1. The van der Waals surface area contributed by atoms with Crippen LogP contribution in [0.25, 0.3) is 32.0 Å². The first-order chi connectivity index (χ1) is 12.4. The summed E-state index contributed by atoms with van der Waals surface area (Å²) >= 11 is 1.79. The van der Waals surface area contributed by atoms with Gasteiger partial charge >= 0.3 is 0 Å². The maximum Gasteiger partial charge on any atom is 0.145 e. The predicted octanol–water partition coefficient (Wildman–Crippen LogP) is 6.76. The molecule has 0 unspecified atom stereocenters. The van der Waals surface area contributed by atoms with Crippen molar-refractivity contribution in [2.45, 2.75) is 0 Å². The Labute approximate surface area is 152 Å². The Bertz CT molecular complexity index is 957. The monoisotopic (exact) mass is 342 g/mol. The molecule has 2 heteroatoms. The molecule has 0 aliphatic carbocycles. The van der Waals surface area contributed by atoms with Crippen LogP contribution in [0.2, 0.25) is 0 Å². The van der Waals surface area contributed by atoms with Gasteiger partial charge in [-0.1, -0.05) is 91.0 Å². The minimum atomic E-state index is 0.946. The van der Waals surface area contributed by atoms with Crippen molar-refractivity contribution in [2.75, 3.05) is 7.11 Å². The van der Waals surface area contributed by atoms with E-state index in [0.29, 0.717) is 0 Å². The minimum Gasteiger partial charge on any atom is -0.495 e. The quantitative estimate of drug-likeness (QED) is 0.398. The second-order valence-electron chi connectivity index (χ2n) is 5.77. The lowest BCUT2D eigenvalue weighted by molar-refractivity contribution is 0.420. The van der Waals surface area contributed by atoms with E-state index in [1.54, 1.807) is 18.4 Å². The zero-order valence-electron chi connectivity index (χ0n) is 14.0. The third-order valence-electron chi connectivity index (χ3n) is 4.20. The van der Waals surface area contributed by atoms with Gasteiger partial charge in [-0.25, -0.2) is 0 Å². The van der Waals surface area contributed by atoms with Crippen LogP contribution >= 0.6 is 11.3 Å². The maximum atomic E-state index is 5.90. The molecule has 0 bridgehead atoms. The molecule has 0 amide bonds. The Hall–Kier alpha value is -2.84. The molecule has 0 aliphatic rings. The molecule has 1 heterocycles. The average molecular weight is 342 g/mol. The number of benzene rings is 3. The van der Waals surface area contributed by atoms with E-state index in [1.807, 2.05) is 12.1 Å². The van der Waals surface area contributed by atoms with Gasteiger partial charge in [0.2, 0.25) is 0 Å². The summed E-state index contributed by atoms with van der Waals surface area (Å²) in [6, 6.07) is 31.5. The molecule has 122 valence electrons. The first kappa shape index (κ1) is 15.7. The van der Waals surface area contributed by atoms with Crippen LogP contribution in [0.3, 0.4) is 0 Å². The lowest BCUT2D eigenvalue weighted by Crippen LogP contribution is -1.87. The Balaban J connectivity index is 2.02. The lowest BCUT2D eigenvalue weighted by atomic mass is 10.0. The average Bonchev–Trinajstić information content (AvgIpc) is 3.09. The number of thiophene rings is 1. The van der Waals surface area contributed by atoms with Gasteiger partial charge in [0.1, 0.15) is 5.75 Å². The molecule has 1 nitrogen and oxygen atoms in total. The van der Waals surface area contributed by atoms with Crippen molar-refractivity contribution in [2.24, 2.45) is 0 Å². The van der Waals surface area contributed by atoms with Crippen LogP contribution in [0, 0.1) is 0 Å². The van der Waals surface area contributed by atoms with Crippen LogP contribution in [-0.2, 0) is 0 Å². The minimum absolute atomic E-state index is 0.946. The molecule has 0 atom stereocenters. The van der Waals surface area contributed by atoms with Crippen LogP contribution in [0.1, 0.15) is 0 Å². The fraction of sp³-hybridized carbons (Fsp3) is 0.0435. The first-order valence-electron chi connectivity index (χ1n) is 8.25.